The topological polar surface area (TPSA) is 25.8 Å². The fourth-order valence-corrected chi connectivity index (χ4v) is 8.49. The van der Waals surface area contributed by atoms with Gasteiger partial charge in [-0.1, -0.05) is 188 Å². The first-order valence-electron chi connectivity index (χ1n) is 19.8. The molecule has 0 aliphatic carbocycles. The van der Waals surface area contributed by atoms with Crippen LogP contribution in [0.25, 0.3) is 110 Å². The third-order valence-electron chi connectivity index (χ3n) is 11.4. The lowest BCUT2D eigenvalue weighted by atomic mass is 9.89. The Morgan fingerprint density at radius 1 is 0.224 bits per heavy atom. The number of aromatic nitrogens is 2. The van der Waals surface area contributed by atoms with E-state index >= 15 is 0 Å². The Morgan fingerprint density at radius 3 is 1.52 bits per heavy atom. The van der Waals surface area contributed by atoms with Gasteiger partial charge in [0.2, 0.25) is 0 Å². The average molecular weight is 737 g/mol. The number of benzene rings is 10. The highest BCUT2D eigenvalue weighted by Gasteiger charge is 2.15. The molecule has 270 valence electrons. The first kappa shape index (κ1) is 33.6. The number of hydrogen-bond acceptors (Lipinski definition) is 2. The highest BCUT2D eigenvalue weighted by atomic mass is 14.9. The molecule has 0 fully saturated rings. The van der Waals surface area contributed by atoms with Crippen molar-refractivity contribution in [3.8, 4) is 67.3 Å². The lowest BCUT2D eigenvalue weighted by Gasteiger charge is -2.14. The van der Waals surface area contributed by atoms with Gasteiger partial charge in [0.1, 0.15) is 0 Å². The van der Waals surface area contributed by atoms with Crippen LogP contribution >= 0.6 is 0 Å². The van der Waals surface area contributed by atoms with E-state index < -0.39 is 0 Å². The molecule has 0 aliphatic rings. The van der Waals surface area contributed by atoms with Crippen LogP contribution in [0.3, 0.4) is 0 Å². The smallest absolute Gasteiger partial charge is 0.160 e. The molecule has 58 heavy (non-hydrogen) atoms. The van der Waals surface area contributed by atoms with E-state index in [2.05, 4.69) is 206 Å². The van der Waals surface area contributed by atoms with Crippen molar-refractivity contribution in [3.05, 3.63) is 218 Å². The minimum atomic E-state index is 0.706. The zero-order chi connectivity index (χ0) is 38.4. The van der Waals surface area contributed by atoms with Crippen molar-refractivity contribution < 1.29 is 0 Å². The molecule has 11 rings (SSSR count). The summed E-state index contributed by atoms with van der Waals surface area (Å²) in [6.07, 6.45) is 0. The van der Waals surface area contributed by atoms with Crippen molar-refractivity contribution in [3.63, 3.8) is 0 Å². The number of nitrogens with zero attached hydrogens (tertiary/aromatic N) is 2. The summed E-state index contributed by atoms with van der Waals surface area (Å²) in [5.41, 5.74) is 12.1. The van der Waals surface area contributed by atoms with Gasteiger partial charge in [-0.15, -0.1) is 0 Å². The quantitative estimate of drug-likeness (QED) is 0.125. The van der Waals surface area contributed by atoms with Crippen molar-refractivity contribution >= 4 is 43.1 Å². The van der Waals surface area contributed by atoms with Crippen LogP contribution in [0.1, 0.15) is 0 Å². The van der Waals surface area contributed by atoms with Crippen molar-refractivity contribution in [1.29, 1.82) is 0 Å². The third-order valence-corrected chi connectivity index (χ3v) is 11.4. The van der Waals surface area contributed by atoms with E-state index in [1.54, 1.807) is 0 Å². The molecule has 0 N–H and O–H groups in total. The highest BCUT2D eigenvalue weighted by molar-refractivity contribution is 6.20. The van der Waals surface area contributed by atoms with Gasteiger partial charge in [0.25, 0.3) is 0 Å². The predicted octanol–water partition coefficient (Wildman–Crippen LogP) is 15.1. The lowest BCUT2D eigenvalue weighted by Crippen LogP contribution is -1.96. The predicted molar refractivity (Wildman–Crippen MR) is 245 cm³/mol. The monoisotopic (exact) mass is 736 g/mol. The van der Waals surface area contributed by atoms with E-state index in [1.165, 1.54) is 65.5 Å². The van der Waals surface area contributed by atoms with Gasteiger partial charge in [0, 0.05) is 16.7 Å². The van der Waals surface area contributed by atoms with Gasteiger partial charge in [-0.05, 0) is 107 Å². The van der Waals surface area contributed by atoms with Crippen LogP contribution < -0.4 is 0 Å². The van der Waals surface area contributed by atoms with Crippen LogP contribution in [0.15, 0.2) is 218 Å². The molecule has 2 heteroatoms. The summed E-state index contributed by atoms with van der Waals surface area (Å²) < 4.78 is 0. The lowest BCUT2D eigenvalue weighted by molar-refractivity contribution is 1.18. The largest absolute Gasteiger partial charge is 0.228 e. The molecule has 1 aromatic heterocycles. The summed E-state index contributed by atoms with van der Waals surface area (Å²) in [5, 5.41) is 9.95. The Hall–Kier alpha value is -7.68. The summed E-state index contributed by atoms with van der Waals surface area (Å²) in [5.74, 6) is 0.706. The minimum absolute atomic E-state index is 0.706. The van der Waals surface area contributed by atoms with Crippen LogP contribution in [0.4, 0.5) is 0 Å². The molecule has 0 spiro atoms. The van der Waals surface area contributed by atoms with E-state index in [0.29, 0.717) is 5.82 Å². The maximum atomic E-state index is 5.18. The second-order valence-electron chi connectivity index (χ2n) is 15.0. The van der Waals surface area contributed by atoms with Gasteiger partial charge in [-0.3, -0.25) is 0 Å². The SMILES string of the molecule is c1ccc(-c2cccc(-c3cc(-c4ccccc4)nc(-c4ccc5cc(-c6ccc(-c7c8ccccc8cc8c7ccc7ccccc78)cc6)ccc5c4)n3)c2)cc1. The standard InChI is InChI=1S/C56H36N2/c1-3-12-37(13-4-1)42-18-11-19-47(33-42)54-36-53(40-15-5-2-6-16-40)57-56(58-54)48-29-28-44-32-43(26-27-45(44)34-48)38-22-24-41(25-23-38)55-50-21-10-8-17-46(50)35-52-49-20-9-7-14-39(49)30-31-51(52)55/h1-36H. The summed E-state index contributed by atoms with van der Waals surface area (Å²) in [7, 11) is 0. The van der Waals surface area contributed by atoms with Crippen LogP contribution in [0, 0.1) is 0 Å². The normalized spacial score (nSPS) is 11.4. The van der Waals surface area contributed by atoms with Crippen LogP contribution in [-0.4, -0.2) is 9.97 Å². The molecule has 11 aromatic rings. The number of hydrogen-bond donors (Lipinski definition) is 0. The zero-order valence-corrected chi connectivity index (χ0v) is 31.7. The second kappa shape index (κ2) is 14.1. The molecular weight excluding hydrogens is 701 g/mol. The summed E-state index contributed by atoms with van der Waals surface area (Å²) >= 11 is 0. The second-order valence-corrected chi connectivity index (χ2v) is 15.0. The fourth-order valence-electron chi connectivity index (χ4n) is 8.49. The van der Waals surface area contributed by atoms with Crippen LogP contribution in [0.5, 0.6) is 0 Å². The minimum Gasteiger partial charge on any atom is -0.228 e. The fraction of sp³-hybridized carbons (Fsp3) is 0. The third kappa shape index (κ3) is 6.09. The maximum absolute atomic E-state index is 5.18. The van der Waals surface area contributed by atoms with E-state index in [-0.39, 0.29) is 0 Å². The molecule has 0 radical (unpaired) electrons. The van der Waals surface area contributed by atoms with Gasteiger partial charge >= 0.3 is 0 Å². The van der Waals surface area contributed by atoms with Gasteiger partial charge < -0.3 is 0 Å². The van der Waals surface area contributed by atoms with E-state index in [0.717, 1.165) is 39.0 Å². The van der Waals surface area contributed by atoms with E-state index in [9.17, 15) is 0 Å². The molecule has 0 bridgehead atoms. The number of rotatable bonds is 6. The van der Waals surface area contributed by atoms with Crippen molar-refractivity contribution in [2.24, 2.45) is 0 Å². The molecule has 2 nitrogen and oxygen atoms in total. The van der Waals surface area contributed by atoms with E-state index in [4.69, 9.17) is 9.97 Å². The van der Waals surface area contributed by atoms with Crippen molar-refractivity contribution in [2.45, 2.75) is 0 Å². The summed E-state index contributed by atoms with van der Waals surface area (Å²) in [6, 6.07) is 78.3. The molecule has 10 aromatic carbocycles. The van der Waals surface area contributed by atoms with Crippen molar-refractivity contribution in [1.82, 2.24) is 9.97 Å². The van der Waals surface area contributed by atoms with Crippen LogP contribution in [0.2, 0.25) is 0 Å². The molecular formula is C56H36N2. The Bertz CT molecular complexity index is 3310. The van der Waals surface area contributed by atoms with Gasteiger partial charge in [-0.25, -0.2) is 9.97 Å². The molecule has 0 saturated heterocycles. The highest BCUT2D eigenvalue weighted by Crippen LogP contribution is 2.40. The number of fused-ring (bicyclic) bond motifs is 5. The molecule has 0 atom stereocenters. The molecule has 1 heterocycles. The van der Waals surface area contributed by atoms with Crippen molar-refractivity contribution in [2.75, 3.05) is 0 Å². The summed E-state index contributed by atoms with van der Waals surface area (Å²) in [6.45, 7) is 0. The maximum Gasteiger partial charge on any atom is 0.160 e. The van der Waals surface area contributed by atoms with Gasteiger partial charge in [0.15, 0.2) is 5.82 Å². The Balaban J connectivity index is 0.954. The Morgan fingerprint density at radius 2 is 0.741 bits per heavy atom. The molecule has 0 unspecified atom stereocenters. The van der Waals surface area contributed by atoms with Gasteiger partial charge in [-0.2, -0.15) is 0 Å². The van der Waals surface area contributed by atoms with Gasteiger partial charge in [0.05, 0.1) is 11.4 Å². The zero-order valence-electron chi connectivity index (χ0n) is 31.7. The Labute approximate surface area is 337 Å². The van der Waals surface area contributed by atoms with Crippen LogP contribution in [-0.2, 0) is 0 Å². The summed E-state index contributed by atoms with van der Waals surface area (Å²) in [4.78, 5) is 10.3. The first-order valence-corrected chi connectivity index (χ1v) is 19.8. The Kier molecular flexibility index (Phi) is 8.19. The molecule has 0 amide bonds. The molecule has 0 aliphatic heterocycles. The van der Waals surface area contributed by atoms with E-state index in [1.807, 2.05) is 12.1 Å². The molecule has 0 saturated carbocycles. The average Bonchev–Trinajstić information content (AvgIpc) is 3.31. The first-order chi connectivity index (χ1) is 28.7.